The van der Waals surface area contributed by atoms with E-state index in [1.807, 2.05) is 19.1 Å². The van der Waals surface area contributed by atoms with E-state index in [2.05, 4.69) is 16.3 Å². The number of carbonyl (C=O) groups is 1. The molecule has 5 nitrogen and oxygen atoms in total. The number of nitrogen functional groups attached to an aromatic ring is 1. The Morgan fingerprint density at radius 1 is 1.55 bits per heavy atom. The molecule has 1 heterocycles. The van der Waals surface area contributed by atoms with Crippen LogP contribution in [0.5, 0.6) is 0 Å². The molecule has 1 amide bonds. The summed E-state index contributed by atoms with van der Waals surface area (Å²) < 4.78 is 4.93. The Balaban J connectivity index is 1.98. The van der Waals surface area contributed by atoms with Crippen molar-refractivity contribution >= 4 is 11.6 Å². The molecule has 1 aromatic rings. The zero-order valence-corrected chi connectivity index (χ0v) is 12.2. The van der Waals surface area contributed by atoms with E-state index < -0.39 is 0 Å². The molecule has 1 aromatic carbocycles. The zero-order valence-electron chi connectivity index (χ0n) is 12.2. The van der Waals surface area contributed by atoms with Crippen LogP contribution < -0.4 is 11.1 Å². The van der Waals surface area contributed by atoms with Gasteiger partial charge in [-0.25, -0.2) is 0 Å². The smallest absolute Gasteiger partial charge is 0.237 e. The molecule has 0 fully saturated rings. The van der Waals surface area contributed by atoms with E-state index in [-0.39, 0.29) is 11.9 Å². The van der Waals surface area contributed by atoms with Crippen molar-refractivity contribution in [2.75, 3.05) is 32.5 Å². The Morgan fingerprint density at radius 3 is 3.10 bits per heavy atom. The number of hydrogen-bond acceptors (Lipinski definition) is 4. The van der Waals surface area contributed by atoms with E-state index in [1.165, 1.54) is 5.56 Å². The van der Waals surface area contributed by atoms with Gasteiger partial charge < -0.3 is 15.8 Å². The summed E-state index contributed by atoms with van der Waals surface area (Å²) >= 11 is 0. The molecule has 1 aliphatic rings. The van der Waals surface area contributed by atoms with Crippen LogP contribution in [0.15, 0.2) is 18.2 Å². The highest BCUT2D eigenvalue weighted by Crippen LogP contribution is 2.25. The molecule has 1 aliphatic heterocycles. The van der Waals surface area contributed by atoms with Crippen LogP contribution in [0.1, 0.15) is 18.1 Å². The quantitative estimate of drug-likeness (QED) is 0.616. The van der Waals surface area contributed by atoms with Gasteiger partial charge in [0.1, 0.15) is 0 Å². The topological polar surface area (TPSA) is 67.6 Å². The van der Waals surface area contributed by atoms with E-state index >= 15 is 0 Å². The lowest BCUT2D eigenvalue weighted by Gasteiger charge is -2.33. The Bertz CT molecular complexity index is 476. The largest absolute Gasteiger partial charge is 0.398 e. The molecule has 1 atom stereocenters. The van der Waals surface area contributed by atoms with E-state index in [1.54, 1.807) is 7.11 Å². The number of anilines is 1. The van der Waals surface area contributed by atoms with Crippen LogP contribution in [0.4, 0.5) is 5.69 Å². The third-order valence-corrected chi connectivity index (χ3v) is 3.87. The van der Waals surface area contributed by atoms with Gasteiger partial charge >= 0.3 is 0 Å². The zero-order chi connectivity index (χ0) is 14.5. The first-order valence-corrected chi connectivity index (χ1v) is 7.00. The summed E-state index contributed by atoms with van der Waals surface area (Å²) in [6.45, 7) is 4.64. The van der Waals surface area contributed by atoms with E-state index in [0.29, 0.717) is 13.2 Å². The third-order valence-electron chi connectivity index (χ3n) is 3.87. The minimum absolute atomic E-state index is 0.0417. The van der Waals surface area contributed by atoms with Crippen LogP contribution in [-0.2, 0) is 22.5 Å². The Labute approximate surface area is 120 Å². The number of hydrogen-bond donors (Lipinski definition) is 2. The van der Waals surface area contributed by atoms with Gasteiger partial charge in [-0.15, -0.1) is 0 Å². The van der Waals surface area contributed by atoms with Crippen LogP contribution >= 0.6 is 0 Å². The Kier molecular flexibility index (Phi) is 4.98. The van der Waals surface area contributed by atoms with Gasteiger partial charge in [0.25, 0.3) is 0 Å². The number of nitrogens with one attached hydrogen (secondary N) is 1. The van der Waals surface area contributed by atoms with Gasteiger partial charge in [0.2, 0.25) is 5.91 Å². The number of benzene rings is 1. The first-order chi connectivity index (χ1) is 9.63. The second kappa shape index (κ2) is 6.72. The number of fused-ring (bicyclic) bond motifs is 1. The summed E-state index contributed by atoms with van der Waals surface area (Å²) in [7, 11) is 1.62. The molecular weight excluding hydrogens is 254 g/mol. The fourth-order valence-corrected chi connectivity index (χ4v) is 2.55. The molecule has 0 saturated carbocycles. The van der Waals surface area contributed by atoms with Gasteiger partial charge in [-0.05, 0) is 30.5 Å². The fourth-order valence-electron chi connectivity index (χ4n) is 2.55. The number of nitrogens with zero attached hydrogens (tertiary/aromatic N) is 1. The van der Waals surface area contributed by atoms with Crippen molar-refractivity contribution < 1.29 is 9.53 Å². The molecule has 0 saturated heterocycles. The minimum atomic E-state index is -0.153. The van der Waals surface area contributed by atoms with Crippen molar-refractivity contribution in [1.29, 1.82) is 0 Å². The summed E-state index contributed by atoms with van der Waals surface area (Å²) in [6.07, 6.45) is 0.941. The maximum Gasteiger partial charge on any atom is 0.237 e. The monoisotopic (exact) mass is 277 g/mol. The predicted octanol–water partition coefficient (Wildman–Crippen LogP) is 0.778. The lowest BCUT2D eigenvalue weighted by atomic mass is 9.97. The van der Waals surface area contributed by atoms with E-state index in [9.17, 15) is 4.79 Å². The number of carbonyl (C=O) groups excluding carboxylic acids is 1. The Morgan fingerprint density at radius 2 is 2.35 bits per heavy atom. The number of rotatable bonds is 5. The van der Waals surface area contributed by atoms with Gasteiger partial charge in [-0.1, -0.05) is 12.1 Å². The van der Waals surface area contributed by atoms with E-state index in [0.717, 1.165) is 30.8 Å². The van der Waals surface area contributed by atoms with Crippen LogP contribution in [0.25, 0.3) is 0 Å². The van der Waals surface area contributed by atoms with Gasteiger partial charge in [-0.2, -0.15) is 0 Å². The van der Waals surface area contributed by atoms with Crippen molar-refractivity contribution in [3.63, 3.8) is 0 Å². The second-order valence-corrected chi connectivity index (χ2v) is 5.17. The maximum atomic E-state index is 12.1. The molecule has 0 aliphatic carbocycles. The van der Waals surface area contributed by atoms with Crippen molar-refractivity contribution in [2.24, 2.45) is 0 Å². The molecule has 0 spiro atoms. The predicted molar refractivity (Wildman–Crippen MR) is 79.3 cm³/mol. The van der Waals surface area contributed by atoms with Crippen LogP contribution in [0, 0.1) is 0 Å². The normalized spacial score (nSPS) is 16.5. The standard InChI is InChI=1S/C15H23N3O2/c1-11(15(19)17-7-9-20-2)18-8-6-12-4-3-5-14(16)13(12)10-18/h3-5,11H,6-10,16H2,1-2H3,(H,17,19). The molecule has 0 radical (unpaired) electrons. The number of nitrogens with two attached hydrogens (primary N) is 1. The molecule has 3 N–H and O–H groups in total. The molecule has 20 heavy (non-hydrogen) atoms. The van der Waals surface area contributed by atoms with E-state index in [4.69, 9.17) is 10.5 Å². The molecular formula is C15H23N3O2. The first-order valence-electron chi connectivity index (χ1n) is 7.00. The summed E-state index contributed by atoms with van der Waals surface area (Å²) in [5.41, 5.74) is 9.31. The van der Waals surface area contributed by atoms with Crippen molar-refractivity contribution in [3.05, 3.63) is 29.3 Å². The minimum Gasteiger partial charge on any atom is -0.398 e. The van der Waals surface area contributed by atoms with Gasteiger partial charge in [0.05, 0.1) is 12.6 Å². The van der Waals surface area contributed by atoms with Crippen molar-refractivity contribution in [1.82, 2.24) is 10.2 Å². The number of amides is 1. The van der Waals surface area contributed by atoms with Crippen LogP contribution in [-0.4, -0.2) is 43.7 Å². The summed E-state index contributed by atoms with van der Waals surface area (Å²) in [4.78, 5) is 14.2. The van der Waals surface area contributed by atoms with Gasteiger partial charge in [0, 0.05) is 32.4 Å². The third kappa shape index (κ3) is 3.29. The van der Waals surface area contributed by atoms with Crippen LogP contribution in [0.3, 0.4) is 0 Å². The molecule has 1 unspecified atom stereocenters. The average Bonchev–Trinajstić information content (AvgIpc) is 2.47. The highest BCUT2D eigenvalue weighted by atomic mass is 16.5. The van der Waals surface area contributed by atoms with Gasteiger partial charge in [0.15, 0.2) is 0 Å². The molecule has 5 heteroatoms. The summed E-state index contributed by atoms with van der Waals surface area (Å²) in [5.74, 6) is 0.0417. The Hall–Kier alpha value is -1.59. The van der Waals surface area contributed by atoms with Crippen molar-refractivity contribution in [3.8, 4) is 0 Å². The maximum absolute atomic E-state index is 12.1. The highest BCUT2D eigenvalue weighted by Gasteiger charge is 2.25. The first kappa shape index (κ1) is 14.8. The second-order valence-electron chi connectivity index (χ2n) is 5.17. The van der Waals surface area contributed by atoms with Crippen molar-refractivity contribution in [2.45, 2.75) is 25.9 Å². The highest BCUT2D eigenvalue weighted by molar-refractivity contribution is 5.81. The summed E-state index contributed by atoms with van der Waals surface area (Å²) in [5, 5.41) is 2.88. The molecule has 0 bridgehead atoms. The molecule has 2 rings (SSSR count). The number of ether oxygens (including phenoxy) is 1. The fraction of sp³-hybridized carbons (Fsp3) is 0.533. The average molecular weight is 277 g/mol. The number of methoxy groups -OCH3 is 1. The lowest BCUT2D eigenvalue weighted by Crippen LogP contribution is -2.47. The van der Waals surface area contributed by atoms with Gasteiger partial charge in [-0.3, -0.25) is 9.69 Å². The molecule has 0 aromatic heterocycles. The summed E-state index contributed by atoms with van der Waals surface area (Å²) in [6, 6.07) is 5.88. The van der Waals surface area contributed by atoms with Crippen LogP contribution in [0.2, 0.25) is 0 Å². The lowest BCUT2D eigenvalue weighted by molar-refractivity contribution is -0.126. The molecule has 110 valence electrons. The SMILES string of the molecule is COCCNC(=O)C(C)N1CCc2cccc(N)c2C1.